The lowest BCUT2D eigenvalue weighted by atomic mass is 10.0. The van der Waals surface area contributed by atoms with Crippen molar-refractivity contribution < 1.29 is 29.4 Å². The van der Waals surface area contributed by atoms with Gasteiger partial charge in [-0.05, 0) is 34.1 Å². The molecule has 22 heavy (non-hydrogen) atoms. The lowest BCUT2D eigenvalue weighted by molar-refractivity contribution is -0.147. The molecule has 0 rings (SSSR count). The summed E-state index contributed by atoms with van der Waals surface area (Å²) in [5.41, 5.74) is -0.426. The van der Waals surface area contributed by atoms with Crippen LogP contribution in [0.3, 0.4) is 0 Å². The van der Waals surface area contributed by atoms with Crippen molar-refractivity contribution in [2.75, 3.05) is 0 Å². The van der Waals surface area contributed by atoms with Gasteiger partial charge in [0.1, 0.15) is 11.8 Å². The summed E-state index contributed by atoms with van der Waals surface area (Å²) in [7, 11) is 0. The van der Waals surface area contributed by atoms with Gasteiger partial charge in [0.2, 0.25) is 5.91 Å². The molecule has 0 unspecified atom stereocenters. The maximum absolute atomic E-state index is 12.2. The topological polar surface area (TPSA) is 133 Å². The van der Waals surface area contributed by atoms with Gasteiger partial charge >= 0.3 is 11.9 Å². The number of hydrogen-bond acceptors (Lipinski definition) is 5. The van der Waals surface area contributed by atoms with E-state index >= 15 is 0 Å². The van der Waals surface area contributed by atoms with E-state index in [1.165, 1.54) is 6.92 Å². The van der Waals surface area contributed by atoms with Crippen molar-refractivity contribution in [3.63, 3.8) is 0 Å². The summed E-state index contributed by atoms with van der Waals surface area (Å²) in [5.74, 6) is -3.47. The number of carbonyl (C=O) groups is 4. The van der Waals surface area contributed by atoms with Gasteiger partial charge in [0.15, 0.2) is 0 Å². The maximum Gasteiger partial charge on any atom is 0.326 e. The number of Topliss-reactive ketones (excluding diaryl/α,β-unsaturated/α-hetero) is 1. The Morgan fingerprint density at radius 1 is 1.05 bits per heavy atom. The Balaban J connectivity index is 4.95. The molecule has 4 N–H and O–H groups in total. The average Bonchev–Trinajstić information content (AvgIpc) is 2.31. The van der Waals surface area contributed by atoms with Crippen molar-refractivity contribution in [1.29, 1.82) is 0 Å². The number of carboxylic acid groups (broad SMARTS) is 2. The fourth-order valence-electron chi connectivity index (χ4n) is 1.79. The molecule has 0 spiro atoms. The van der Waals surface area contributed by atoms with Crippen molar-refractivity contribution in [3.05, 3.63) is 0 Å². The van der Waals surface area contributed by atoms with Gasteiger partial charge in [0, 0.05) is 12.0 Å². The summed E-state index contributed by atoms with van der Waals surface area (Å²) in [6.07, 6.45) is -0.342. The fraction of sp³-hybridized carbons (Fsp3) is 0.714. The fourth-order valence-corrected chi connectivity index (χ4v) is 1.79. The van der Waals surface area contributed by atoms with Gasteiger partial charge in [-0.3, -0.25) is 9.59 Å². The highest BCUT2D eigenvalue weighted by atomic mass is 16.4. The first kappa shape index (κ1) is 20.0. The van der Waals surface area contributed by atoms with Crippen LogP contribution in [0.5, 0.6) is 0 Å². The first-order valence-electron chi connectivity index (χ1n) is 6.94. The highest BCUT2D eigenvalue weighted by Crippen LogP contribution is 2.08. The summed E-state index contributed by atoms with van der Waals surface area (Å²) in [5, 5.41) is 22.8. The molecule has 0 aliphatic rings. The van der Waals surface area contributed by atoms with Crippen LogP contribution in [0.15, 0.2) is 0 Å². The van der Waals surface area contributed by atoms with Gasteiger partial charge in [-0.2, -0.15) is 0 Å². The van der Waals surface area contributed by atoms with Crippen molar-refractivity contribution in [1.82, 2.24) is 10.6 Å². The highest BCUT2D eigenvalue weighted by molar-refractivity contribution is 5.89. The number of nitrogens with one attached hydrogen (secondary N) is 2. The van der Waals surface area contributed by atoms with Crippen LogP contribution < -0.4 is 10.6 Å². The van der Waals surface area contributed by atoms with Gasteiger partial charge in [-0.1, -0.05) is 0 Å². The van der Waals surface area contributed by atoms with Crippen LogP contribution >= 0.6 is 0 Å². The van der Waals surface area contributed by atoms with Gasteiger partial charge in [-0.25, -0.2) is 4.79 Å². The summed E-state index contributed by atoms with van der Waals surface area (Å²) < 4.78 is 0. The molecule has 0 saturated heterocycles. The van der Waals surface area contributed by atoms with E-state index in [1.807, 2.05) is 20.8 Å². The summed E-state index contributed by atoms with van der Waals surface area (Å²) in [6.45, 7) is 6.88. The molecule has 0 saturated carbocycles. The quantitative estimate of drug-likeness (QED) is 0.476. The average molecular weight is 316 g/mol. The molecule has 0 heterocycles. The van der Waals surface area contributed by atoms with Crippen LogP contribution in [-0.2, 0) is 19.2 Å². The predicted octanol–water partition coefficient (Wildman–Crippen LogP) is 0.156. The monoisotopic (exact) mass is 316 g/mol. The third-order valence-corrected chi connectivity index (χ3v) is 2.70. The second kappa shape index (κ2) is 8.47. The standard InChI is InChI=1S/C14H24N2O6/c1-8(17)5-6-9(16-14(2,3)4)12(20)15-10(13(21)22)7-11(18)19/h9-10,16H,5-7H2,1-4H3,(H,15,20)(H,18,19)(H,21,22)/t9-,10-/m0/s1. The van der Waals surface area contributed by atoms with Gasteiger partial charge in [0.25, 0.3) is 0 Å². The lowest BCUT2D eigenvalue weighted by Crippen LogP contribution is -2.55. The molecule has 8 nitrogen and oxygen atoms in total. The summed E-state index contributed by atoms with van der Waals surface area (Å²) >= 11 is 0. The Bertz CT molecular complexity index is 441. The molecular weight excluding hydrogens is 292 g/mol. The van der Waals surface area contributed by atoms with Gasteiger partial charge < -0.3 is 25.6 Å². The highest BCUT2D eigenvalue weighted by Gasteiger charge is 2.29. The van der Waals surface area contributed by atoms with E-state index in [0.717, 1.165) is 0 Å². The number of hydrogen-bond donors (Lipinski definition) is 4. The maximum atomic E-state index is 12.2. The Labute approximate surface area is 129 Å². The van der Waals surface area contributed by atoms with Gasteiger partial charge in [-0.15, -0.1) is 0 Å². The number of aliphatic carboxylic acids is 2. The number of rotatable bonds is 9. The minimum absolute atomic E-state index is 0.0890. The summed E-state index contributed by atoms with van der Waals surface area (Å²) in [6, 6.07) is -2.29. The Kier molecular flexibility index (Phi) is 7.72. The Morgan fingerprint density at radius 2 is 1.59 bits per heavy atom. The van der Waals surface area contributed by atoms with Crippen molar-refractivity contribution >= 4 is 23.6 Å². The Hall–Kier alpha value is -1.96. The zero-order chi connectivity index (χ0) is 17.5. The smallest absolute Gasteiger partial charge is 0.326 e. The molecule has 0 aliphatic carbocycles. The molecule has 126 valence electrons. The van der Waals surface area contributed by atoms with E-state index in [1.54, 1.807) is 0 Å². The molecule has 0 radical (unpaired) electrons. The van der Waals surface area contributed by atoms with E-state index in [-0.39, 0.29) is 18.6 Å². The zero-order valence-electron chi connectivity index (χ0n) is 13.3. The first-order chi connectivity index (χ1) is 9.92. The largest absolute Gasteiger partial charge is 0.481 e. The van der Waals surface area contributed by atoms with Crippen LogP contribution in [-0.4, -0.2) is 51.5 Å². The minimum atomic E-state index is -1.51. The molecule has 0 bridgehead atoms. The van der Waals surface area contributed by atoms with E-state index in [2.05, 4.69) is 10.6 Å². The van der Waals surface area contributed by atoms with E-state index in [0.29, 0.717) is 0 Å². The van der Waals surface area contributed by atoms with Crippen LogP contribution in [0.25, 0.3) is 0 Å². The van der Waals surface area contributed by atoms with Crippen LogP contribution in [0.1, 0.15) is 47.0 Å². The molecule has 0 aromatic heterocycles. The Morgan fingerprint density at radius 3 is 1.95 bits per heavy atom. The van der Waals surface area contributed by atoms with Crippen LogP contribution in [0.2, 0.25) is 0 Å². The van der Waals surface area contributed by atoms with Crippen LogP contribution in [0.4, 0.5) is 0 Å². The molecule has 8 heteroatoms. The lowest BCUT2D eigenvalue weighted by Gasteiger charge is -2.28. The second-order valence-corrected chi connectivity index (χ2v) is 6.18. The number of carboxylic acids is 2. The molecule has 0 aromatic rings. The van der Waals surface area contributed by atoms with Crippen molar-refractivity contribution in [2.45, 2.75) is 64.6 Å². The molecule has 2 atom stereocenters. The van der Waals surface area contributed by atoms with E-state index in [9.17, 15) is 19.2 Å². The molecule has 1 amide bonds. The van der Waals surface area contributed by atoms with E-state index in [4.69, 9.17) is 10.2 Å². The van der Waals surface area contributed by atoms with Crippen molar-refractivity contribution in [3.8, 4) is 0 Å². The van der Waals surface area contributed by atoms with Crippen LogP contribution in [0, 0.1) is 0 Å². The number of ketones is 1. The SMILES string of the molecule is CC(=O)CC[C@H](NC(C)(C)C)C(=O)N[C@@H](CC(=O)O)C(=O)O. The third-order valence-electron chi connectivity index (χ3n) is 2.70. The normalized spacial score (nSPS) is 14.0. The third kappa shape index (κ3) is 9.06. The molecule has 0 fully saturated rings. The molecule has 0 aromatic carbocycles. The first-order valence-corrected chi connectivity index (χ1v) is 6.94. The summed E-state index contributed by atoms with van der Waals surface area (Å²) in [4.78, 5) is 44.9. The van der Waals surface area contributed by atoms with E-state index < -0.39 is 41.9 Å². The number of carbonyl (C=O) groups excluding carboxylic acids is 2. The molecular formula is C14H24N2O6. The minimum Gasteiger partial charge on any atom is -0.481 e. The zero-order valence-corrected chi connectivity index (χ0v) is 13.3. The second-order valence-electron chi connectivity index (χ2n) is 6.18. The van der Waals surface area contributed by atoms with Gasteiger partial charge in [0.05, 0.1) is 12.5 Å². The molecule has 0 aliphatic heterocycles. The number of amides is 1. The van der Waals surface area contributed by atoms with Crippen molar-refractivity contribution in [2.24, 2.45) is 0 Å². The predicted molar refractivity (Wildman–Crippen MR) is 78.4 cm³/mol.